The number of nitrogens with one attached hydrogen (secondary N) is 1. The molecule has 2 aromatic rings. The van der Waals surface area contributed by atoms with E-state index in [2.05, 4.69) is 24.3 Å². The van der Waals surface area contributed by atoms with Crippen molar-refractivity contribution in [2.24, 2.45) is 0 Å². The van der Waals surface area contributed by atoms with Gasteiger partial charge in [0, 0.05) is 30.0 Å². The summed E-state index contributed by atoms with van der Waals surface area (Å²) in [7, 11) is 0. The molecule has 0 fully saturated rings. The first-order chi connectivity index (χ1) is 9.49. The molecule has 0 saturated carbocycles. The topological polar surface area (TPSA) is 67.2 Å². The third-order valence-electron chi connectivity index (χ3n) is 3.23. The third-order valence-corrected chi connectivity index (χ3v) is 3.23. The summed E-state index contributed by atoms with van der Waals surface area (Å²) < 4.78 is 1.90. The Morgan fingerprint density at radius 1 is 1.45 bits per heavy atom. The van der Waals surface area contributed by atoms with Crippen LogP contribution in [0.25, 0.3) is 0 Å². The van der Waals surface area contributed by atoms with Gasteiger partial charge in [-0.1, -0.05) is 6.07 Å². The highest BCUT2D eigenvalue weighted by molar-refractivity contribution is 5.91. The van der Waals surface area contributed by atoms with Gasteiger partial charge in [0.15, 0.2) is 0 Å². The Hall–Kier alpha value is -2.30. The average molecular weight is 273 g/mol. The van der Waals surface area contributed by atoms with Gasteiger partial charge in [-0.3, -0.25) is 4.68 Å². The zero-order valence-electron chi connectivity index (χ0n) is 11.9. The highest BCUT2D eigenvalue weighted by Crippen LogP contribution is 2.19. The van der Waals surface area contributed by atoms with E-state index in [9.17, 15) is 4.79 Å². The molecule has 1 heterocycles. The van der Waals surface area contributed by atoms with Crippen molar-refractivity contribution in [3.8, 4) is 0 Å². The van der Waals surface area contributed by atoms with E-state index in [1.165, 1.54) is 0 Å². The first-order valence-corrected chi connectivity index (χ1v) is 6.59. The second-order valence-corrected chi connectivity index (χ2v) is 5.06. The van der Waals surface area contributed by atoms with Crippen molar-refractivity contribution in [1.29, 1.82) is 0 Å². The number of aromatic carboxylic acids is 1. The van der Waals surface area contributed by atoms with E-state index in [0.29, 0.717) is 18.2 Å². The van der Waals surface area contributed by atoms with E-state index < -0.39 is 5.97 Å². The number of nitrogens with zero attached hydrogens (tertiary/aromatic N) is 2. The second kappa shape index (κ2) is 5.77. The Bertz CT molecular complexity index is 617. The Morgan fingerprint density at radius 3 is 2.80 bits per heavy atom. The molecule has 20 heavy (non-hydrogen) atoms. The van der Waals surface area contributed by atoms with Gasteiger partial charge >= 0.3 is 5.97 Å². The maximum atomic E-state index is 11.1. The first kappa shape index (κ1) is 14.1. The number of carboxylic acid groups (broad SMARTS) is 1. The van der Waals surface area contributed by atoms with Crippen molar-refractivity contribution < 1.29 is 9.90 Å². The lowest BCUT2D eigenvalue weighted by Crippen LogP contribution is -2.05. The zero-order valence-corrected chi connectivity index (χ0v) is 11.9. The highest BCUT2D eigenvalue weighted by atomic mass is 16.4. The Labute approximate surface area is 118 Å². The van der Waals surface area contributed by atoms with Gasteiger partial charge in [-0.2, -0.15) is 5.10 Å². The molecule has 0 bridgehead atoms. The molecule has 0 unspecified atom stereocenters. The molecule has 0 aliphatic carbocycles. The van der Waals surface area contributed by atoms with Gasteiger partial charge in [0.2, 0.25) is 0 Å². The number of hydrogen-bond donors (Lipinski definition) is 2. The molecule has 2 N–H and O–H groups in total. The fraction of sp³-hybridized carbons (Fsp3) is 0.333. The van der Waals surface area contributed by atoms with Crippen LogP contribution in [-0.2, 0) is 6.54 Å². The summed E-state index contributed by atoms with van der Waals surface area (Å²) in [5.74, 6) is -0.904. The molecule has 0 radical (unpaired) electrons. The van der Waals surface area contributed by atoms with E-state index in [1.807, 2.05) is 30.1 Å². The summed E-state index contributed by atoms with van der Waals surface area (Å²) in [4.78, 5) is 11.1. The fourth-order valence-electron chi connectivity index (χ4n) is 2.01. The van der Waals surface area contributed by atoms with Crippen molar-refractivity contribution in [1.82, 2.24) is 9.78 Å². The van der Waals surface area contributed by atoms with E-state index in [4.69, 9.17) is 5.11 Å². The number of carbonyl (C=O) groups is 1. The normalized spacial score (nSPS) is 10.8. The predicted octanol–water partition coefficient (Wildman–Crippen LogP) is 3.08. The van der Waals surface area contributed by atoms with Gasteiger partial charge < -0.3 is 10.4 Å². The Morgan fingerprint density at radius 2 is 2.20 bits per heavy atom. The van der Waals surface area contributed by atoms with Gasteiger partial charge in [-0.25, -0.2) is 4.79 Å². The summed E-state index contributed by atoms with van der Waals surface area (Å²) >= 11 is 0. The van der Waals surface area contributed by atoms with Crippen LogP contribution >= 0.6 is 0 Å². The maximum absolute atomic E-state index is 11.1. The van der Waals surface area contributed by atoms with Crippen molar-refractivity contribution in [3.63, 3.8) is 0 Å². The molecule has 0 aliphatic heterocycles. The number of benzene rings is 1. The molecule has 0 aliphatic rings. The van der Waals surface area contributed by atoms with Crippen LogP contribution in [0, 0.1) is 6.92 Å². The second-order valence-electron chi connectivity index (χ2n) is 5.06. The van der Waals surface area contributed by atoms with Gasteiger partial charge in [0.05, 0.1) is 11.8 Å². The van der Waals surface area contributed by atoms with Crippen LogP contribution in [0.3, 0.4) is 0 Å². The largest absolute Gasteiger partial charge is 0.478 e. The average Bonchev–Trinajstić information content (AvgIpc) is 2.86. The van der Waals surface area contributed by atoms with Crippen LogP contribution in [-0.4, -0.2) is 20.9 Å². The van der Waals surface area contributed by atoms with Gasteiger partial charge in [0.25, 0.3) is 0 Å². The summed E-state index contributed by atoms with van der Waals surface area (Å²) in [6.07, 6.45) is 3.82. The Kier molecular flexibility index (Phi) is 4.08. The predicted molar refractivity (Wildman–Crippen MR) is 78.1 cm³/mol. The molecular formula is C15H19N3O2. The quantitative estimate of drug-likeness (QED) is 0.878. The number of anilines is 1. The van der Waals surface area contributed by atoms with Gasteiger partial charge in [0.1, 0.15) is 0 Å². The molecule has 106 valence electrons. The number of rotatable bonds is 5. The number of aromatic nitrogens is 2. The molecule has 1 aromatic heterocycles. The van der Waals surface area contributed by atoms with Crippen molar-refractivity contribution in [2.75, 3.05) is 5.32 Å². The molecule has 5 nitrogen and oxygen atoms in total. The fourth-order valence-corrected chi connectivity index (χ4v) is 2.01. The highest BCUT2D eigenvalue weighted by Gasteiger charge is 2.10. The SMILES string of the molecule is Cc1c(NCc2cnn(C(C)C)c2)cccc1C(=O)O. The molecule has 0 saturated heterocycles. The molecule has 0 amide bonds. The van der Waals surface area contributed by atoms with Crippen LogP contribution in [0.5, 0.6) is 0 Å². The van der Waals surface area contributed by atoms with Crippen molar-refractivity contribution in [2.45, 2.75) is 33.4 Å². The summed E-state index contributed by atoms with van der Waals surface area (Å²) in [5.41, 5.74) is 2.98. The van der Waals surface area contributed by atoms with Crippen LogP contribution in [0.1, 0.15) is 41.4 Å². The Balaban J connectivity index is 2.10. The van der Waals surface area contributed by atoms with Crippen molar-refractivity contribution in [3.05, 3.63) is 47.3 Å². The van der Waals surface area contributed by atoms with Crippen molar-refractivity contribution >= 4 is 11.7 Å². The minimum Gasteiger partial charge on any atom is -0.478 e. The zero-order chi connectivity index (χ0) is 14.7. The van der Waals surface area contributed by atoms with E-state index >= 15 is 0 Å². The smallest absolute Gasteiger partial charge is 0.336 e. The van der Waals surface area contributed by atoms with E-state index in [0.717, 1.165) is 16.8 Å². The summed E-state index contributed by atoms with van der Waals surface area (Å²) in [6, 6.07) is 5.57. The monoisotopic (exact) mass is 273 g/mol. The summed E-state index contributed by atoms with van der Waals surface area (Å²) in [6.45, 7) is 6.58. The lowest BCUT2D eigenvalue weighted by Gasteiger charge is -2.10. The van der Waals surface area contributed by atoms with E-state index in [-0.39, 0.29) is 0 Å². The first-order valence-electron chi connectivity index (χ1n) is 6.59. The third kappa shape index (κ3) is 2.99. The maximum Gasteiger partial charge on any atom is 0.336 e. The summed E-state index contributed by atoms with van der Waals surface area (Å²) in [5, 5.41) is 16.6. The minimum absolute atomic E-state index is 0.327. The van der Waals surface area contributed by atoms with Gasteiger partial charge in [-0.15, -0.1) is 0 Å². The molecule has 0 spiro atoms. The number of carboxylic acids is 1. The van der Waals surface area contributed by atoms with Crippen LogP contribution in [0.4, 0.5) is 5.69 Å². The minimum atomic E-state index is -0.904. The standard InChI is InChI=1S/C15H19N3O2/c1-10(2)18-9-12(8-17-18)7-16-14-6-4-5-13(11(14)3)15(19)20/h4-6,8-10,16H,7H2,1-3H3,(H,19,20). The van der Waals surface area contributed by atoms with Crippen LogP contribution in [0.15, 0.2) is 30.6 Å². The van der Waals surface area contributed by atoms with E-state index in [1.54, 1.807) is 12.1 Å². The lowest BCUT2D eigenvalue weighted by atomic mass is 10.1. The molecular weight excluding hydrogens is 254 g/mol. The van der Waals surface area contributed by atoms with Crippen LogP contribution in [0.2, 0.25) is 0 Å². The lowest BCUT2D eigenvalue weighted by molar-refractivity contribution is 0.0696. The van der Waals surface area contributed by atoms with Gasteiger partial charge in [-0.05, 0) is 38.5 Å². The molecule has 5 heteroatoms. The molecule has 1 aromatic carbocycles. The molecule has 2 rings (SSSR count). The number of hydrogen-bond acceptors (Lipinski definition) is 3. The van der Waals surface area contributed by atoms with Crippen LogP contribution < -0.4 is 5.32 Å². The molecule has 0 atom stereocenters.